The number of nitrogens with one attached hydrogen (secondary N) is 1. The van der Waals surface area contributed by atoms with Gasteiger partial charge in [0, 0.05) is 61.7 Å². The Morgan fingerprint density at radius 2 is 1.96 bits per heavy atom. The van der Waals surface area contributed by atoms with Crippen LogP contribution in [0.1, 0.15) is 60.9 Å². The maximum Gasteiger partial charge on any atom is 0.326 e. The fourth-order valence-corrected chi connectivity index (χ4v) is 7.15. The fourth-order valence-electron chi connectivity index (χ4n) is 6.91. The van der Waals surface area contributed by atoms with Crippen LogP contribution in [0.3, 0.4) is 0 Å². The summed E-state index contributed by atoms with van der Waals surface area (Å²) in [7, 11) is 0. The first-order valence-electron chi connectivity index (χ1n) is 18.4. The van der Waals surface area contributed by atoms with E-state index in [1.165, 1.54) is 13.1 Å². The van der Waals surface area contributed by atoms with Crippen LogP contribution in [-0.4, -0.2) is 87.7 Å². The number of aryl methyl sites for hydroxylation is 1. The highest BCUT2D eigenvalue weighted by Crippen LogP contribution is 2.41. The Hall–Kier alpha value is -4.77. The summed E-state index contributed by atoms with van der Waals surface area (Å²) in [6, 6.07) is 15.2. The number of aliphatic hydroxyl groups excluding tert-OH is 1. The molecule has 3 unspecified atom stereocenters. The van der Waals surface area contributed by atoms with Gasteiger partial charge in [-0.25, -0.2) is 0 Å². The van der Waals surface area contributed by atoms with Gasteiger partial charge in [-0.15, -0.1) is 0 Å². The number of benzene rings is 2. The molecule has 1 saturated heterocycles. The summed E-state index contributed by atoms with van der Waals surface area (Å²) in [5.41, 5.74) is 2.36. The van der Waals surface area contributed by atoms with Gasteiger partial charge < -0.3 is 34.4 Å². The number of rotatable bonds is 18. The number of carboxylic acid groups (broad SMARTS) is 2. The van der Waals surface area contributed by atoms with Crippen LogP contribution in [0.15, 0.2) is 73.1 Å². The number of halogens is 1. The zero-order valence-electron chi connectivity index (χ0n) is 31.5. The number of hydrogen-bond donors (Lipinski definition) is 4. The lowest BCUT2D eigenvalue weighted by molar-refractivity contribution is -0.146. The van der Waals surface area contributed by atoms with Crippen LogP contribution in [0, 0.1) is 30.1 Å². The Morgan fingerprint density at radius 1 is 1.16 bits per heavy atom. The summed E-state index contributed by atoms with van der Waals surface area (Å²) in [4.78, 5) is 29.8. The van der Waals surface area contributed by atoms with Crippen molar-refractivity contribution in [3.8, 4) is 17.6 Å². The van der Waals surface area contributed by atoms with Crippen molar-refractivity contribution in [2.24, 2.45) is 11.8 Å². The lowest BCUT2D eigenvalue weighted by Gasteiger charge is -2.40. The maximum absolute atomic E-state index is 11.9. The van der Waals surface area contributed by atoms with Crippen molar-refractivity contribution in [3.05, 3.63) is 106 Å². The molecule has 3 aromatic rings. The quantitative estimate of drug-likeness (QED) is 0.111. The van der Waals surface area contributed by atoms with Gasteiger partial charge in [-0.1, -0.05) is 54.9 Å². The number of nitrogens with zero attached hydrogens (tertiary/aromatic N) is 3. The van der Waals surface area contributed by atoms with E-state index in [4.69, 9.17) is 25.8 Å². The number of piperidine rings is 1. The van der Waals surface area contributed by atoms with Crippen molar-refractivity contribution in [2.45, 2.75) is 64.3 Å². The Labute approximate surface area is 327 Å². The van der Waals surface area contributed by atoms with Gasteiger partial charge in [0.25, 0.3) is 0 Å². The first-order valence-corrected chi connectivity index (χ1v) is 18.8. The lowest BCUT2D eigenvalue weighted by Crippen LogP contribution is -2.52. The number of aliphatic hydroxyl groups is 1. The molecule has 12 nitrogen and oxygen atoms in total. The summed E-state index contributed by atoms with van der Waals surface area (Å²) in [5.74, 6) is -1.80. The van der Waals surface area contributed by atoms with E-state index in [9.17, 15) is 30.2 Å². The van der Waals surface area contributed by atoms with Crippen molar-refractivity contribution < 1.29 is 39.1 Å². The average molecular weight is 773 g/mol. The van der Waals surface area contributed by atoms with E-state index < -0.39 is 29.7 Å². The van der Waals surface area contributed by atoms with E-state index in [1.54, 1.807) is 24.4 Å². The molecule has 292 valence electrons. The number of allylic oxidation sites excluding steroid dienone is 2. The molecule has 0 amide bonds. The highest BCUT2D eigenvalue weighted by molar-refractivity contribution is 6.32. The second-order valence-corrected chi connectivity index (χ2v) is 14.9. The summed E-state index contributed by atoms with van der Waals surface area (Å²) in [5, 5.41) is 41.6. The molecular formula is C42H49ClN4O8. The number of hydrogen-bond acceptors (Lipinski definition) is 10. The third-order valence-corrected chi connectivity index (χ3v) is 10.8. The van der Waals surface area contributed by atoms with E-state index in [0.29, 0.717) is 60.7 Å². The Kier molecular flexibility index (Phi) is 14.1. The number of aromatic nitrogens is 1. The largest absolute Gasteiger partial charge is 0.489 e. The highest BCUT2D eigenvalue weighted by atomic mass is 35.5. The van der Waals surface area contributed by atoms with Crippen LogP contribution in [-0.2, 0) is 27.5 Å². The van der Waals surface area contributed by atoms with Crippen molar-refractivity contribution in [2.75, 3.05) is 39.5 Å². The molecule has 1 aliphatic heterocycles. The number of carboxylic acids is 2. The summed E-state index contributed by atoms with van der Waals surface area (Å²) >= 11 is 6.86. The number of aliphatic carboxylic acids is 2. The molecule has 1 aromatic heterocycles. The molecule has 4 atom stereocenters. The van der Waals surface area contributed by atoms with Gasteiger partial charge in [0.15, 0.2) is 0 Å². The van der Waals surface area contributed by atoms with Gasteiger partial charge in [0.1, 0.15) is 41.9 Å². The minimum atomic E-state index is -1.62. The third kappa shape index (κ3) is 10.3. The van der Waals surface area contributed by atoms with Crippen LogP contribution in [0.2, 0.25) is 5.02 Å². The molecule has 4 N–H and O–H groups in total. The minimum absolute atomic E-state index is 0.00316. The molecule has 0 bridgehead atoms. The SMILES string of the molecule is Cc1ccccc1C1=CC=CC(COc2cc(OCc3cncc(C#N)c3)c(CNC(C)(CO)C(=O)O)cc2Cl)(OCCCN2CCC[C@@H](C(=O)O)C2)C1C. The van der Waals surface area contributed by atoms with Gasteiger partial charge in [-0.3, -0.25) is 19.9 Å². The van der Waals surface area contributed by atoms with Gasteiger partial charge >= 0.3 is 11.9 Å². The predicted octanol–water partition coefficient (Wildman–Crippen LogP) is 6.03. The van der Waals surface area contributed by atoms with Crippen LogP contribution in [0.25, 0.3) is 5.57 Å². The zero-order valence-corrected chi connectivity index (χ0v) is 32.2. The molecule has 5 rings (SSSR count). The minimum Gasteiger partial charge on any atom is -0.489 e. The standard InChI is InChI=1S/C42H49ClN4O8/c1-28-9-4-5-11-34(28)35-12-6-13-42(29(35)2,55-16-8-15-47-14-7-10-32(24-47)39(49)50)27-54-38-19-37(53-25-31-17-30(20-44)21-45-22-31)33(18-36(38)43)23-46-41(3,26-48)40(51)52/h4-6,9,11-13,17-19,21-22,29,32,46,48H,7-8,10,14-16,23-27H2,1-3H3,(H,49,50)(H,51,52)/t29?,32-,41?,42?/m1/s1. The van der Waals surface area contributed by atoms with Crippen LogP contribution < -0.4 is 14.8 Å². The van der Waals surface area contributed by atoms with Gasteiger partial charge in [-0.2, -0.15) is 5.26 Å². The van der Waals surface area contributed by atoms with Crippen molar-refractivity contribution >= 4 is 29.1 Å². The summed E-state index contributed by atoms with van der Waals surface area (Å²) in [6.07, 6.45) is 11.4. The summed E-state index contributed by atoms with van der Waals surface area (Å²) in [6.45, 7) is 7.57. The molecule has 1 aliphatic carbocycles. The number of likely N-dealkylation sites (tertiary alicyclic amines) is 1. The predicted molar refractivity (Wildman–Crippen MR) is 208 cm³/mol. The zero-order chi connectivity index (χ0) is 39.6. The summed E-state index contributed by atoms with van der Waals surface area (Å²) < 4.78 is 19.6. The van der Waals surface area contributed by atoms with Crippen LogP contribution in [0.5, 0.6) is 11.5 Å². The number of nitriles is 1. The average Bonchev–Trinajstić information content (AvgIpc) is 3.19. The molecule has 0 saturated carbocycles. The number of carbonyl (C=O) groups is 2. The van der Waals surface area contributed by atoms with Gasteiger partial charge in [-0.05, 0) is 74.6 Å². The number of ether oxygens (including phenoxy) is 3. The molecule has 2 aliphatic rings. The lowest BCUT2D eigenvalue weighted by atomic mass is 9.76. The molecule has 55 heavy (non-hydrogen) atoms. The molecule has 2 heterocycles. The van der Waals surface area contributed by atoms with Gasteiger partial charge in [0.2, 0.25) is 0 Å². The maximum atomic E-state index is 11.9. The topological polar surface area (TPSA) is 174 Å². The van der Waals surface area contributed by atoms with E-state index in [2.05, 4.69) is 53.3 Å². The van der Waals surface area contributed by atoms with Gasteiger partial charge in [0.05, 0.1) is 23.1 Å². The van der Waals surface area contributed by atoms with E-state index >= 15 is 0 Å². The monoisotopic (exact) mass is 772 g/mol. The second kappa shape index (κ2) is 18.7. The second-order valence-electron chi connectivity index (χ2n) is 14.5. The molecule has 1 fully saturated rings. The number of pyridine rings is 1. The van der Waals surface area contributed by atoms with Crippen molar-refractivity contribution in [1.29, 1.82) is 5.26 Å². The van der Waals surface area contributed by atoms with Crippen molar-refractivity contribution in [1.82, 2.24) is 15.2 Å². The molecule has 0 radical (unpaired) electrons. The molecule has 0 spiro atoms. The van der Waals surface area contributed by atoms with E-state index in [-0.39, 0.29) is 36.6 Å². The first-order chi connectivity index (χ1) is 26.4. The van der Waals surface area contributed by atoms with Crippen molar-refractivity contribution in [3.63, 3.8) is 0 Å². The van der Waals surface area contributed by atoms with E-state index in [1.807, 2.05) is 24.3 Å². The normalized spacial score (nSPS) is 20.9. The first kappa shape index (κ1) is 41.4. The fraction of sp³-hybridized carbons (Fsp3) is 0.429. The Bertz CT molecular complexity index is 1950. The molecular weight excluding hydrogens is 724 g/mol. The molecule has 13 heteroatoms. The Balaban J connectivity index is 1.40. The highest BCUT2D eigenvalue weighted by Gasteiger charge is 2.41. The Morgan fingerprint density at radius 3 is 2.69 bits per heavy atom. The molecule has 2 aromatic carbocycles. The van der Waals surface area contributed by atoms with Crippen LogP contribution >= 0.6 is 11.6 Å². The van der Waals surface area contributed by atoms with Crippen LogP contribution in [0.4, 0.5) is 0 Å². The smallest absolute Gasteiger partial charge is 0.326 e. The third-order valence-electron chi connectivity index (χ3n) is 10.5. The van der Waals surface area contributed by atoms with E-state index in [0.717, 1.165) is 29.7 Å².